The molecule has 3 heterocycles. The lowest BCUT2D eigenvalue weighted by Gasteiger charge is -2.17. The van der Waals surface area contributed by atoms with Crippen LogP contribution in [0.5, 0.6) is 0 Å². The van der Waals surface area contributed by atoms with Crippen molar-refractivity contribution in [1.29, 1.82) is 0 Å². The maximum atomic E-state index is 12.7. The molecule has 0 saturated carbocycles. The second kappa shape index (κ2) is 7.33. The second-order valence-electron chi connectivity index (χ2n) is 8.23. The fraction of sp³-hybridized carbons (Fsp3) is 0.450. The van der Waals surface area contributed by atoms with Gasteiger partial charge in [0.1, 0.15) is 11.5 Å². The summed E-state index contributed by atoms with van der Waals surface area (Å²) in [7, 11) is 0. The molecule has 0 aliphatic carbocycles. The van der Waals surface area contributed by atoms with Gasteiger partial charge >= 0.3 is 0 Å². The van der Waals surface area contributed by atoms with Crippen LogP contribution < -0.4 is 5.32 Å². The van der Waals surface area contributed by atoms with E-state index in [9.17, 15) is 13.6 Å². The lowest BCUT2D eigenvalue weighted by molar-refractivity contribution is -0.117. The number of pyridine rings is 1. The van der Waals surface area contributed by atoms with Gasteiger partial charge in [-0.3, -0.25) is 4.79 Å². The van der Waals surface area contributed by atoms with Crippen LogP contribution in [0.1, 0.15) is 56.3 Å². The quantitative estimate of drug-likeness (QED) is 0.665. The number of carbonyl (C=O) groups is 1. The highest BCUT2D eigenvalue weighted by atomic mass is 19.3. The maximum Gasteiger partial charge on any atom is 0.283 e. The van der Waals surface area contributed by atoms with E-state index in [4.69, 9.17) is 4.52 Å². The van der Waals surface area contributed by atoms with Gasteiger partial charge in [-0.2, -0.15) is 0 Å². The SMILES string of the molecule is Cc1cc2c(cc(C)n2Cc2cc(C(F)F)no2)nc1NC(=O)CC(C)(C)C. The number of hydrogen-bond acceptors (Lipinski definition) is 4. The minimum Gasteiger partial charge on any atom is -0.359 e. The summed E-state index contributed by atoms with van der Waals surface area (Å²) in [6.45, 7) is 10.0. The highest BCUT2D eigenvalue weighted by Gasteiger charge is 2.19. The maximum absolute atomic E-state index is 12.7. The summed E-state index contributed by atoms with van der Waals surface area (Å²) >= 11 is 0. The Balaban J connectivity index is 1.89. The third-order valence-corrected chi connectivity index (χ3v) is 4.35. The topological polar surface area (TPSA) is 73.0 Å². The van der Waals surface area contributed by atoms with Gasteiger partial charge in [0.05, 0.1) is 17.6 Å². The van der Waals surface area contributed by atoms with Crippen molar-refractivity contribution in [3.63, 3.8) is 0 Å². The summed E-state index contributed by atoms with van der Waals surface area (Å²) < 4.78 is 32.4. The molecule has 3 aromatic heterocycles. The highest BCUT2D eigenvalue weighted by molar-refractivity contribution is 5.92. The van der Waals surface area contributed by atoms with Crippen molar-refractivity contribution in [2.24, 2.45) is 5.41 Å². The van der Waals surface area contributed by atoms with E-state index < -0.39 is 6.43 Å². The summed E-state index contributed by atoms with van der Waals surface area (Å²) in [5.74, 6) is 0.787. The number of amides is 1. The summed E-state index contributed by atoms with van der Waals surface area (Å²) in [5, 5.41) is 6.28. The molecule has 3 aromatic rings. The number of rotatable bonds is 5. The van der Waals surface area contributed by atoms with Crippen LogP contribution in [0.2, 0.25) is 0 Å². The number of aryl methyl sites for hydroxylation is 2. The molecule has 0 aliphatic heterocycles. The molecule has 0 aliphatic rings. The summed E-state index contributed by atoms with van der Waals surface area (Å²) in [6, 6.07) is 5.07. The first-order chi connectivity index (χ1) is 13.0. The van der Waals surface area contributed by atoms with Crippen molar-refractivity contribution in [3.05, 3.63) is 40.9 Å². The standard InChI is InChI=1S/C20H24F2N4O2/c1-11-6-16-14(23-19(11)24-17(27)9-20(3,4)5)7-12(2)26(16)10-13-8-15(18(21)22)25-28-13/h6-8,18H,9-10H2,1-5H3,(H,23,24,27). The smallest absolute Gasteiger partial charge is 0.283 e. The van der Waals surface area contributed by atoms with Gasteiger partial charge in [0, 0.05) is 18.2 Å². The largest absolute Gasteiger partial charge is 0.359 e. The van der Waals surface area contributed by atoms with Gasteiger partial charge in [0.2, 0.25) is 5.91 Å². The molecule has 1 amide bonds. The van der Waals surface area contributed by atoms with Crippen molar-refractivity contribution < 1.29 is 18.1 Å². The normalized spacial score (nSPS) is 12.1. The zero-order valence-corrected chi connectivity index (χ0v) is 16.6. The Hall–Kier alpha value is -2.77. The van der Waals surface area contributed by atoms with E-state index in [0.29, 0.717) is 23.5 Å². The van der Waals surface area contributed by atoms with E-state index >= 15 is 0 Å². The molecule has 150 valence electrons. The molecule has 8 heteroatoms. The Labute approximate surface area is 161 Å². The molecule has 3 rings (SSSR count). The average molecular weight is 390 g/mol. The van der Waals surface area contributed by atoms with Crippen molar-refractivity contribution in [2.45, 2.75) is 54.0 Å². The predicted octanol–water partition coefficient (Wildman–Crippen LogP) is 5.00. The third kappa shape index (κ3) is 4.37. The summed E-state index contributed by atoms with van der Waals surface area (Å²) in [5.41, 5.74) is 2.77. The monoisotopic (exact) mass is 390 g/mol. The Morgan fingerprint density at radius 2 is 1.96 bits per heavy atom. The van der Waals surface area contributed by atoms with E-state index in [2.05, 4.69) is 15.5 Å². The third-order valence-electron chi connectivity index (χ3n) is 4.35. The molecule has 28 heavy (non-hydrogen) atoms. The average Bonchev–Trinajstić information content (AvgIpc) is 3.13. The van der Waals surface area contributed by atoms with E-state index in [1.54, 1.807) is 0 Å². The lowest BCUT2D eigenvalue weighted by atomic mass is 9.92. The molecule has 0 fully saturated rings. The zero-order valence-electron chi connectivity index (χ0n) is 16.6. The molecule has 0 spiro atoms. The molecule has 0 saturated heterocycles. The number of aromatic nitrogens is 3. The molecule has 0 bridgehead atoms. The number of nitrogens with zero attached hydrogens (tertiary/aromatic N) is 3. The number of nitrogens with one attached hydrogen (secondary N) is 1. The molecule has 1 N–H and O–H groups in total. The van der Waals surface area contributed by atoms with E-state index in [0.717, 1.165) is 16.8 Å². The fourth-order valence-electron chi connectivity index (χ4n) is 3.06. The number of halogens is 2. The van der Waals surface area contributed by atoms with Crippen LogP contribution >= 0.6 is 0 Å². The molecule has 6 nitrogen and oxygen atoms in total. The zero-order chi connectivity index (χ0) is 20.6. The fourth-order valence-corrected chi connectivity index (χ4v) is 3.06. The van der Waals surface area contributed by atoms with Gasteiger partial charge in [-0.25, -0.2) is 13.8 Å². The summed E-state index contributed by atoms with van der Waals surface area (Å²) in [4.78, 5) is 16.8. The van der Waals surface area contributed by atoms with Crippen LogP contribution in [0.25, 0.3) is 11.0 Å². The van der Waals surface area contributed by atoms with Gasteiger partial charge in [0.15, 0.2) is 5.76 Å². The minimum atomic E-state index is -2.66. The van der Waals surface area contributed by atoms with Crippen LogP contribution in [0.15, 0.2) is 22.7 Å². The van der Waals surface area contributed by atoms with Crippen LogP contribution in [0.4, 0.5) is 14.6 Å². The highest BCUT2D eigenvalue weighted by Crippen LogP contribution is 2.26. The number of anilines is 1. The first-order valence-electron chi connectivity index (χ1n) is 9.04. The molecule has 0 atom stereocenters. The van der Waals surface area contributed by atoms with Crippen molar-refractivity contribution in [2.75, 3.05) is 5.32 Å². The van der Waals surface area contributed by atoms with E-state index in [-0.39, 0.29) is 23.6 Å². The van der Waals surface area contributed by atoms with Gasteiger partial charge in [0.25, 0.3) is 6.43 Å². The second-order valence-corrected chi connectivity index (χ2v) is 8.23. The molecule has 0 aromatic carbocycles. The van der Waals surface area contributed by atoms with Gasteiger partial charge in [-0.1, -0.05) is 25.9 Å². The Morgan fingerprint density at radius 1 is 1.25 bits per heavy atom. The molecular weight excluding hydrogens is 366 g/mol. The molecular formula is C20H24F2N4O2. The minimum absolute atomic E-state index is 0.0835. The van der Waals surface area contributed by atoms with Crippen LogP contribution in [-0.4, -0.2) is 20.6 Å². The van der Waals surface area contributed by atoms with Crippen molar-refractivity contribution >= 4 is 22.8 Å². The van der Waals surface area contributed by atoms with Crippen LogP contribution in [0, 0.1) is 19.3 Å². The number of fused-ring (bicyclic) bond motifs is 1. The van der Waals surface area contributed by atoms with E-state index in [1.165, 1.54) is 6.07 Å². The molecule has 0 radical (unpaired) electrons. The van der Waals surface area contributed by atoms with Crippen LogP contribution in [0.3, 0.4) is 0 Å². The number of alkyl halides is 2. The van der Waals surface area contributed by atoms with Gasteiger partial charge in [-0.15, -0.1) is 0 Å². The Morgan fingerprint density at radius 3 is 2.57 bits per heavy atom. The van der Waals surface area contributed by atoms with E-state index in [1.807, 2.05) is 51.3 Å². The summed E-state index contributed by atoms with van der Waals surface area (Å²) in [6.07, 6.45) is -2.27. The number of carbonyl (C=O) groups excluding carboxylic acids is 1. The van der Waals surface area contributed by atoms with Crippen molar-refractivity contribution in [1.82, 2.24) is 14.7 Å². The van der Waals surface area contributed by atoms with Crippen LogP contribution in [-0.2, 0) is 11.3 Å². The Kier molecular flexibility index (Phi) is 5.23. The first-order valence-corrected chi connectivity index (χ1v) is 9.04. The molecule has 0 unspecified atom stereocenters. The van der Waals surface area contributed by atoms with Crippen molar-refractivity contribution in [3.8, 4) is 0 Å². The van der Waals surface area contributed by atoms with Gasteiger partial charge in [-0.05, 0) is 37.0 Å². The predicted molar refractivity (Wildman–Crippen MR) is 102 cm³/mol. The van der Waals surface area contributed by atoms with Gasteiger partial charge < -0.3 is 14.4 Å². The first kappa shape index (κ1) is 20.0. The lowest BCUT2D eigenvalue weighted by Crippen LogP contribution is -2.20. The Bertz CT molecular complexity index is 1020. The number of hydrogen-bond donors (Lipinski definition) is 1.